The number of fused-ring (bicyclic) bond motifs is 1. The van der Waals surface area contributed by atoms with Crippen LogP contribution in [0.5, 0.6) is 0 Å². The van der Waals surface area contributed by atoms with Gasteiger partial charge in [0.05, 0.1) is 0 Å². The summed E-state index contributed by atoms with van der Waals surface area (Å²) in [6, 6.07) is 9.58. The molecule has 1 aliphatic rings. The summed E-state index contributed by atoms with van der Waals surface area (Å²) < 4.78 is 0. The molecule has 0 bridgehead atoms. The van der Waals surface area contributed by atoms with Crippen LogP contribution in [0, 0.1) is 11.8 Å². The molecule has 0 saturated carbocycles. The second-order valence-corrected chi connectivity index (χ2v) is 6.09. The minimum absolute atomic E-state index is 0.643. The van der Waals surface area contributed by atoms with Gasteiger partial charge in [0, 0.05) is 18.5 Å². The zero-order valence-electron chi connectivity index (χ0n) is 11.5. The van der Waals surface area contributed by atoms with Gasteiger partial charge in [-0.1, -0.05) is 52.0 Å². The van der Waals surface area contributed by atoms with Gasteiger partial charge in [0.2, 0.25) is 0 Å². The molecule has 2 rings (SSSR count). The molecule has 0 aliphatic carbocycles. The van der Waals surface area contributed by atoms with Gasteiger partial charge in [0.15, 0.2) is 0 Å². The topological polar surface area (TPSA) is 12.0 Å². The normalized spacial score (nSPS) is 24.1. The van der Waals surface area contributed by atoms with Crippen molar-refractivity contribution < 1.29 is 0 Å². The molecule has 1 aliphatic heterocycles. The molecule has 1 aromatic carbocycles. The van der Waals surface area contributed by atoms with Crippen molar-refractivity contribution in [3.63, 3.8) is 0 Å². The molecule has 17 heavy (non-hydrogen) atoms. The van der Waals surface area contributed by atoms with Crippen LogP contribution in [-0.4, -0.2) is 6.04 Å². The van der Waals surface area contributed by atoms with E-state index in [1.807, 2.05) is 0 Å². The van der Waals surface area contributed by atoms with Crippen molar-refractivity contribution in [2.75, 3.05) is 0 Å². The first-order valence-corrected chi connectivity index (χ1v) is 6.90. The fraction of sp³-hybridized carbons (Fsp3) is 0.625. The largest absolute Gasteiger partial charge is 0.309 e. The Balaban J connectivity index is 2.29. The van der Waals surface area contributed by atoms with E-state index in [4.69, 9.17) is 0 Å². The summed E-state index contributed by atoms with van der Waals surface area (Å²) in [4.78, 5) is 0. The van der Waals surface area contributed by atoms with Gasteiger partial charge in [-0.2, -0.15) is 0 Å². The van der Waals surface area contributed by atoms with Crippen LogP contribution in [0.1, 0.15) is 51.2 Å². The molecule has 1 heteroatoms. The Morgan fingerprint density at radius 1 is 1.18 bits per heavy atom. The maximum absolute atomic E-state index is 3.74. The summed E-state index contributed by atoms with van der Waals surface area (Å²) >= 11 is 0. The fourth-order valence-corrected chi connectivity index (χ4v) is 3.17. The van der Waals surface area contributed by atoms with E-state index in [1.165, 1.54) is 12.0 Å². The van der Waals surface area contributed by atoms with Gasteiger partial charge in [0.1, 0.15) is 0 Å². The maximum Gasteiger partial charge on any atom is 0.0211 e. The van der Waals surface area contributed by atoms with E-state index in [0.29, 0.717) is 17.9 Å². The Bertz CT molecular complexity index is 368. The average molecular weight is 231 g/mol. The molecule has 2 unspecified atom stereocenters. The number of nitrogens with one attached hydrogen (secondary N) is 1. The van der Waals surface area contributed by atoms with Crippen molar-refractivity contribution in [3.8, 4) is 0 Å². The van der Waals surface area contributed by atoms with Gasteiger partial charge in [-0.25, -0.2) is 0 Å². The van der Waals surface area contributed by atoms with Crippen LogP contribution < -0.4 is 5.32 Å². The van der Waals surface area contributed by atoms with Crippen molar-refractivity contribution in [1.29, 1.82) is 0 Å². The maximum atomic E-state index is 3.74. The molecule has 0 spiro atoms. The lowest BCUT2D eigenvalue weighted by atomic mass is 9.75. The Morgan fingerprint density at radius 3 is 2.53 bits per heavy atom. The van der Waals surface area contributed by atoms with E-state index >= 15 is 0 Å². The SMILES string of the molecule is CC(C)CC1NCc2ccccc2C1C(C)C. The van der Waals surface area contributed by atoms with E-state index in [2.05, 4.69) is 57.3 Å². The van der Waals surface area contributed by atoms with Gasteiger partial charge in [0.25, 0.3) is 0 Å². The van der Waals surface area contributed by atoms with Crippen LogP contribution in [0.4, 0.5) is 0 Å². The quantitative estimate of drug-likeness (QED) is 0.830. The first-order valence-electron chi connectivity index (χ1n) is 6.90. The third-order valence-electron chi connectivity index (χ3n) is 3.85. The molecule has 1 aromatic rings. The van der Waals surface area contributed by atoms with E-state index in [0.717, 1.165) is 12.5 Å². The molecule has 1 nitrogen and oxygen atoms in total. The van der Waals surface area contributed by atoms with E-state index in [-0.39, 0.29) is 0 Å². The number of rotatable bonds is 3. The van der Waals surface area contributed by atoms with Crippen LogP contribution in [0.3, 0.4) is 0 Å². The van der Waals surface area contributed by atoms with Crippen molar-refractivity contribution in [2.24, 2.45) is 11.8 Å². The predicted molar refractivity (Wildman–Crippen MR) is 74.1 cm³/mol. The highest BCUT2D eigenvalue weighted by molar-refractivity contribution is 5.34. The molecule has 2 atom stereocenters. The Morgan fingerprint density at radius 2 is 1.88 bits per heavy atom. The standard InChI is InChI=1S/C16H25N/c1-11(2)9-15-16(12(3)4)14-8-6-5-7-13(14)10-17-15/h5-8,11-12,15-17H,9-10H2,1-4H3. The lowest BCUT2D eigenvalue weighted by Crippen LogP contribution is -2.42. The second kappa shape index (κ2) is 5.22. The molecular weight excluding hydrogens is 206 g/mol. The molecule has 0 radical (unpaired) electrons. The smallest absolute Gasteiger partial charge is 0.0211 e. The summed E-state index contributed by atoms with van der Waals surface area (Å²) in [5.74, 6) is 2.13. The van der Waals surface area contributed by atoms with Gasteiger partial charge in [-0.05, 0) is 29.4 Å². The Hall–Kier alpha value is -0.820. The summed E-state index contributed by atoms with van der Waals surface area (Å²) in [5, 5.41) is 3.74. The average Bonchev–Trinajstić information content (AvgIpc) is 2.27. The van der Waals surface area contributed by atoms with Gasteiger partial charge < -0.3 is 5.32 Å². The minimum atomic E-state index is 0.643. The molecule has 1 N–H and O–H groups in total. The monoisotopic (exact) mass is 231 g/mol. The summed E-state index contributed by atoms with van der Waals surface area (Å²) in [7, 11) is 0. The van der Waals surface area contributed by atoms with Crippen molar-refractivity contribution in [1.82, 2.24) is 5.32 Å². The molecule has 94 valence electrons. The fourth-order valence-electron chi connectivity index (χ4n) is 3.17. The third kappa shape index (κ3) is 2.71. The first-order chi connectivity index (χ1) is 8.09. The highest BCUT2D eigenvalue weighted by Crippen LogP contribution is 2.36. The van der Waals surface area contributed by atoms with Crippen LogP contribution in [0.15, 0.2) is 24.3 Å². The Labute approximate surface area is 106 Å². The van der Waals surface area contributed by atoms with Gasteiger partial charge in [-0.3, -0.25) is 0 Å². The van der Waals surface area contributed by atoms with Crippen molar-refractivity contribution in [3.05, 3.63) is 35.4 Å². The minimum Gasteiger partial charge on any atom is -0.309 e. The van der Waals surface area contributed by atoms with E-state index in [9.17, 15) is 0 Å². The zero-order valence-corrected chi connectivity index (χ0v) is 11.5. The summed E-state index contributed by atoms with van der Waals surface area (Å²) in [6.07, 6.45) is 1.27. The Kier molecular flexibility index (Phi) is 3.88. The van der Waals surface area contributed by atoms with Gasteiger partial charge >= 0.3 is 0 Å². The third-order valence-corrected chi connectivity index (χ3v) is 3.85. The highest BCUT2D eigenvalue weighted by Gasteiger charge is 2.31. The number of hydrogen-bond acceptors (Lipinski definition) is 1. The van der Waals surface area contributed by atoms with Crippen LogP contribution in [-0.2, 0) is 6.54 Å². The van der Waals surface area contributed by atoms with Crippen molar-refractivity contribution in [2.45, 2.75) is 52.6 Å². The second-order valence-electron chi connectivity index (χ2n) is 6.09. The van der Waals surface area contributed by atoms with Crippen molar-refractivity contribution >= 4 is 0 Å². The zero-order chi connectivity index (χ0) is 12.4. The molecule has 0 saturated heterocycles. The molecule has 0 amide bonds. The lowest BCUT2D eigenvalue weighted by Gasteiger charge is -2.38. The number of benzene rings is 1. The summed E-state index contributed by atoms with van der Waals surface area (Å²) in [6.45, 7) is 10.4. The van der Waals surface area contributed by atoms with Gasteiger partial charge in [-0.15, -0.1) is 0 Å². The molecular formula is C16H25N. The molecule has 0 aromatic heterocycles. The van der Waals surface area contributed by atoms with E-state index in [1.54, 1.807) is 5.56 Å². The highest BCUT2D eigenvalue weighted by atomic mass is 14.9. The van der Waals surface area contributed by atoms with Crippen LogP contribution in [0.2, 0.25) is 0 Å². The van der Waals surface area contributed by atoms with E-state index < -0.39 is 0 Å². The molecule has 1 heterocycles. The molecule has 0 fully saturated rings. The number of hydrogen-bond donors (Lipinski definition) is 1. The van der Waals surface area contributed by atoms with Crippen LogP contribution in [0.25, 0.3) is 0 Å². The summed E-state index contributed by atoms with van der Waals surface area (Å²) in [5.41, 5.74) is 3.07. The lowest BCUT2D eigenvalue weighted by molar-refractivity contribution is 0.294. The van der Waals surface area contributed by atoms with Crippen LogP contribution >= 0.6 is 0 Å². The predicted octanol–water partition coefficient (Wildman–Crippen LogP) is 3.94. The first kappa shape index (κ1) is 12.6.